The minimum absolute atomic E-state index is 0.0633. The van der Waals surface area contributed by atoms with Gasteiger partial charge in [0.25, 0.3) is 0 Å². The molecule has 0 radical (unpaired) electrons. The van der Waals surface area contributed by atoms with Crippen molar-refractivity contribution in [2.45, 2.75) is 44.2 Å². The standard InChI is InChI=1S/C16H18ClN3O2/c17-10-6-12-13(18-8-10)7-11-3-4-14(12)20(11)16(22)9-19-5-1-2-15(19)21/h6,8,11,14H,1-5,7,9H2. The highest BCUT2D eigenvalue weighted by Gasteiger charge is 2.43. The zero-order valence-corrected chi connectivity index (χ0v) is 13.1. The summed E-state index contributed by atoms with van der Waals surface area (Å²) >= 11 is 6.08. The lowest BCUT2D eigenvalue weighted by Crippen LogP contribution is -2.47. The van der Waals surface area contributed by atoms with E-state index < -0.39 is 0 Å². The Morgan fingerprint density at radius 2 is 2.27 bits per heavy atom. The van der Waals surface area contributed by atoms with E-state index in [0.29, 0.717) is 18.0 Å². The maximum Gasteiger partial charge on any atom is 0.242 e. The maximum atomic E-state index is 12.7. The molecule has 3 aliphatic rings. The molecule has 22 heavy (non-hydrogen) atoms. The molecule has 2 bridgehead atoms. The van der Waals surface area contributed by atoms with Crippen LogP contribution in [0.5, 0.6) is 0 Å². The predicted molar refractivity (Wildman–Crippen MR) is 81.4 cm³/mol. The van der Waals surface area contributed by atoms with Crippen LogP contribution in [-0.4, -0.2) is 45.7 Å². The summed E-state index contributed by atoms with van der Waals surface area (Å²) in [5.74, 6) is 0.163. The highest BCUT2D eigenvalue weighted by Crippen LogP contribution is 2.43. The van der Waals surface area contributed by atoms with Crippen LogP contribution in [0.15, 0.2) is 12.3 Å². The largest absolute Gasteiger partial charge is 0.333 e. The van der Waals surface area contributed by atoms with Crippen molar-refractivity contribution in [3.8, 4) is 0 Å². The van der Waals surface area contributed by atoms with E-state index in [2.05, 4.69) is 4.98 Å². The van der Waals surface area contributed by atoms with E-state index >= 15 is 0 Å². The van der Waals surface area contributed by atoms with E-state index in [4.69, 9.17) is 11.6 Å². The number of hydrogen-bond donors (Lipinski definition) is 0. The molecule has 2 unspecified atom stereocenters. The molecule has 4 heterocycles. The lowest BCUT2D eigenvalue weighted by molar-refractivity contribution is -0.140. The van der Waals surface area contributed by atoms with Gasteiger partial charge in [0.2, 0.25) is 11.8 Å². The number of rotatable bonds is 2. The lowest BCUT2D eigenvalue weighted by Gasteiger charge is -2.36. The van der Waals surface area contributed by atoms with E-state index in [9.17, 15) is 9.59 Å². The Morgan fingerprint density at radius 1 is 1.41 bits per heavy atom. The van der Waals surface area contributed by atoms with Gasteiger partial charge in [-0.2, -0.15) is 0 Å². The topological polar surface area (TPSA) is 53.5 Å². The molecular weight excluding hydrogens is 302 g/mol. The zero-order chi connectivity index (χ0) is 15.3. The minimum atomic E-state index is 0.0633. The molecule has 116 valence electrons. The minimum Gasteiger partial charge on any atom is -0.333 e. The fourth-order valence-corrected chi connectivity index (χ4v) is 4.21. The first-order valence-corrected chi connectivity index (χ1v) is 8.24. The van der Waals surface area contributed by atoms with Crippen molar-refractivity contribution in [3.63, 3.8) is 0 Å². The number of carbonyl (C=O) groups is 2. The highest BCUT2D eigenvalue weighted by molar-refractivity contribution is 6.30. The smallest absolute Gasteiger partial charge is 0.242 e. The third-order valence-corrected chi connectivity index (χ3v) is 5.25. The number of nitrogens with zero attached hydrogens (tertiary/aromatic N) is 3. The van der Waals surface area contributed by atoms with E-state index in [1.807, 2.05) is 11.0 Å². The third-order valence-electron chi connectivity index (χ3n) is 5.05. The van der Waals surface area contributed by atoms with Crippen LogP contribution < -0.4 is 0 Å². The Kier molecular flexibility index (Phi) is 3.33. The Balaban J connectivity index is 1.58. The van der Waals surface area contributed by atoms with Crippen molar-refractivity contribution in [3.05, 3.63) is 28.5 Å². The van der Waals surface area contributed by atoms with Crippen molar-refractivity contribution in [2.75, 3.05) is 13.1 Å². The summed E-state index contributed by atoms with van der Waals surface area (Å²) in [4.78, 5) is 32.6. The molecule has 4 rings (SSSR count). The quantitative estimate of drug-likeness (QED) is 0.837. The monoisotopic (exact) mass is 319 g/mol. The molecule has 6 heteroatoms. The number of carbonyl (C=O) groups excluding carboxylic acids is 2. The van der Waals surface area contributed by atoms with Gasteiger partial charge in [0.1, 0.15) is 0 Å². The van der Waals surface area contributed by atoms with Gasteiger partial charge in [0.05, 0.1) is 17.6 Å². The van der Waals surface area contributed by atoms with Crippen LogP contribution in [0.1, 0.15) is 43.0 Å². The fraction of sp³-hybridized carbons (Fsp3) is 0.562. The number of aromatic nitrogens is 1. The molecule has 0 saturated carbocycles. The summed E-state index contributed by atoms with van der Waals surface area (Å²) in [5, 5.41) is 0.617. The molecular formula is C16H18ClN3O2. The van der Waals surface area contributed by atoms with Gasteiger partial charge < -0.3 is 9.80 Å². The number of halogens is 1. The van der Waals surface area contributed by atoms with Gasteiger partial charge in [0.15, 0.2) is 0 Å². The zero-order valence-electron chi connectivity index (χ0n) is 12.3. The van der Waals surface area contributed by atoms with E-state index in [0.717, 1.165) is 36.9 Å². The Labute approximate surface area is 134 Å². The van der Waals surface area contributed by atoms with Crippen LogP contribution in [-0.2, 0) is 16.0 Å². The molecule has 0 aliphatic carbocycles. The summed E-state index contributed by atoms with van der Waals surface area (Å²) < 4.78 is 0. The maximum absolute atomic E-state index is 12.7. The van der Waals surface area contributed by atoms with Crippen LogP contribution in [0.2, 0.25) is 5.02 Å². The summed E-state index contributed by atoms with van der Waals surface area (Å²) in [6, 6.07) is 2.23. The lowest BCUT2D eigenvalue weighted by atomic mass is 9.98. The van der Waals surface area contributed by atoms with Crippen LogP contribution in [0.25, 0.3) is 0 Å². The van der Waals surface area contributed by atoms with Gasteiger partial charge in [0, 0.05) is 37.3 Å². The second-order valence-electron chi connectivity index (χ2n) is 6.36. The van der Waals surface area contributed by atoms with Gasteiger partial charge in [-0.3, -0.25) is 14.6 Å². The van der Waals surface area contributed by atoms with Crippen molar-refractivity contribution in [2.24, 2.45) is 0 Å². The second-order valence-corrected chi connectivity index (χ2v) is 6.80. The number of pyridine rings is 1. The van der Waals surface area contributed by atoms with Gasteiger partial charge in [-0.1, -0.05) is 11.6 Å². The van der Waals surface area contributed by atoms with Gasteiger partial charge in [-0.15, -0.1) is 0 Å². The van der Waals surface area contributed by atoms with Gasteiger partial charge in [-0.05, 0) is 30.9 Å². The van der Waals surface area contributed by atoms with E-state index in [-0.39, 0.29) is 30.4 Å². The Bertz CT molecular complexity index is 648. The number of amides is 2. The van der Waals surface area contributed by atoms with E-state index in [1.165, 1.54) is 0 Å². The first-order valence-electron chi connectivity index (χ1n) is 7.87. The molecule has 2 atom stereocenters. The molecule has 3 aliphatic heterocycles. The summed E-state index contributed by atoms with van der Waals surface area (Å²) in [5.41, 5.74) is 2.15. The molecule has 2 amide bonds. The average Bonchev–Trinajstić information content (AvgIpc) is 3.04. The molecule has 2 saturated heterocycles. The third kappa shape index (κ3) is 2.19. The SMILES string of the molecule is O=C1CCCN1CC(=O)N1C2CCC1c1cc(Cl)cnc1C2. The van der Waals surface area contributed by atoms with Crippen molar-refractivity contribution < 1.29 is 9.59 Å². The number of hydrogen-bond acceptors (Lipinski definition) is 3. The van der Waals surface area contributed by atoms with Crippen molar-refractivity contribution in [1.29, 1.82) is 0 Å². The molecule has 2 fully saturated rings. The highest BCUT2D eigenvalue weighted by atomic mass is 35.5. The Morgan fingerprint density at radius 3 is 3.05 bits per heavy atom. The summed E-state index contributed by atoms with van der Waals surface area (Å²) in [6.45, 7) is 0.923. The van der Waals surface area contributed by atoms with Crippen molar-refractivity contribution >= 4 is 23.4 Å². The fourth-order valence-electron chi connectivity index (χ4n) is 4.05. The van der Waals surface area contributed by atoms with Crippen LogP contribution in [0.4, 0.5) is 0 Å². The molecule has 1 aromatic rings. The number of likely N-dealkylation sites (tertiary alicyclic amines) is 1. The Hall–Kier alpha value is -1.62. The first-order chi connectivity index (χ1) is 10.6. The van der Waals surface area contributed by atoms with E-state index in [1.54, 1.807) is 11.1 Å². The van der Waals surface area contributed by atoms with Gasteiger partial charge in [-0.25, -0.2) is 0 Å². The second kappa shape index (κ2) is 5.23. The van der Waals surface area contributed by atoms with Crippen molar-refractivity contribution in [1.82, 2.24) is 14.8 Å². The normalized spacial score (nSPS) is 26.5. The average molecular weight is 320 g/mol. The molecule has 0 spiro atoms. The van der Waals surface area contributed by atoms with Crippen LogP contribution in [0, 0.1) is 0 Å². The molecule has 0 aromatic carbocycles. The van der Waals surface area contributed by atoms with Gasteiger partial charge >= 0.3 is 0 Å². The molecule has 1 aromatic heterocycles. The summed E-state index contributed by atoms with van der Waals surface area (Å²) in [6.07, 6.45) is 5.87. The number of fused-ring (bicyclic) bond motifs is 4. The predicted octanol–water partition coefficient (Wildman–Crippen LogP) is 1.95. The summed E-state index contributed by atoms with van der Waals surface area (Å²) in [7, 11) is 0. The van der Waals surface area contributed by atoms with Crippen LogP contribution >= 0.6 is 11.6 Å². The van der Waals surface area contributed by atoms with Crippen LogP contribution in [0.3, 0.4) is 0 Å². The first kappa shape index (κ1) is 14.0. The molecule has 5 nitrogen and oxygen atoms in total. The molecule has 0 N–H and O–H groups in total.